The molecule has 0 saturated carbocycles. The summed E-state index contributed by atoms with van der Waals surface area (Å²) in [7, 11) is 3.65. The van der Waals surface area contributed by atoms with E-state index in [-0.39, 0.29) is 0 Å². The van der Waals surface area contributed by atoms with Crippen molar-refractivity contribution in [2.45, 2.75) is 6.92 Å². The Morgan fingerprint density at radius 1 is 1.38 bits per heavy atom. The van der Waals surface area contributed by atoms with Gasteiger partial charge < -0.3 is 10.1 Å². The van der Waals surface area contributed by atoms with Crippen LogP contribution in [0.25, 0.3) is 10.9 Å². The molecule has 1 heterocycles. The second kappa shape index (κ2) is 6.75. The number of hydrogen-bond acceptors (Lipinski definition) is 4. The summed E-state index contributed by atoms with van der Waals surface area (Å²) in [5, 5.41) is 4.17. The molecule has 0 saturated heterocycles. The van der Waals surface area contributed by atoms with Crippen LogP contribution in [0.5, 0.6) is 5.75 Å². The summed E-state index contributed by atoms with van der Waals surface area (Å²) in [6.45, 7) is 5.77. The van der Waals surface area contributed by atoms with Crippen LogP contribution in [0.3, 0.4) is 0 Å². The minimum Gasteiger partial charge on any atom is -0.497 e. The zero-order valence-corrected chi connectivity index (χ0v) is 12.6. The van der Waals surface area contributed by atoms with Crippen LogP contribution in [0, 0.1) is 0 Å². The summed E-state index contributed by atoms with van der Waals surface area (Å²) in [6, 6.07) is 3.94. The molecule has 0 atom stereocenters. The maximum atomic E-state index is 5.37. The van der Waals surface area contributed by atoms with Gasteiger partial charge in [-0.25, -0.2) is 9.97 Å². The molecule has 5 heteroatoms. The first-order valence-corrected chi connectivity index (χ1v) is 6.71. The zero-order valence-electron chi connectivity index (χ0n) is 12.6. The van der Waals surface area contributed by atoms with Crippen LogP contribution in [-0.2, 0) is 0 Å². The number of methoxy groups -OCH3 is 1. The highest BCUT2D eigenvalue weighted by atomic mass is 16.5. The summed E-state index contributed by atoms with van der Waals surface area (Å²) >= 11 is 0. The molecule has 0 bridgehead atoms. The topological polar surface area (TPSA) is 47.0 Å². The lowest BCUT2D eigenvalue weighted by Gasteiger charge is -2.11. The Bertz CT molecular complexity index is 723. The summed E-state index contributed by atoms with van der Waals surface area (Å²) in [4.78, 5) is 8.62. The van der Waals surface area contributed by atoms with E-state index in [1.807, 2.05) is 45.1 Å². The molecule has 21 heavy (non-hydrogen) atoms. The van der Waals surface area contributed by atoms with Gasteiger partial charge in [-0.05, 0) is 36.7 Å². The third kappa shape index (κ3) is 3.31. The number of benzene rings is 1. The van der Waals surface area contributed by atoms with Gasteiger partial charge in [0.05, 0.1) is 12.6 Å². The lowest BCUT2D eigenvalue weighted by atomic mass is 9.93. The van der Waals surface area contributed by atoms with Gasteiger partial charge in [0.15, 0.2) is 0 Å². The molecule has 106 valence electrons. The second-order valence-corrected chi connectivity index (χ2v) is 4.54. The highest BCUT2D eigenvalue weighted by Gasteiger charge is 2.08. The molecule has 1 aromatic carbocycles. The molecule has 0 unspecified atom stereocenters. The first-order chi connectivity index (χ1) is 10.2. The maximum absolute atomic E-state index is 5.37. The highest BCUT2D eigenvalue weighted by molar-refractivity contribution is 6.35. The fraction of sp³-hybridized carbons (Fsp3) is 0.125. The van der Waals surface area contributed by atoms with E-state index in [1.165, 1.54) is 0 Å². The third-order valence-electron chi connectivity index (χ3n) is 3.10. The number of aromatic nitrogens is 2. The molecule has 0 aliphatic rings. The molecule has 4 nitrogen and oxygen atoms in total. The highest BCUT2D eigenvalue weighted by Crippen LogP contribution is 2.23. The fourth-order valence-corrected chi connectivity index (χ4v) is 2.00. The Labute approximate surface area is 125 Å². The molecule has 2 aromatic rings. The molecule has 0 aliphatic carbocycles. The van der Waals surface area contributed by atoms with Gasteiger partial charge in [-0.1, -0.05) is 18.7 Å². The predicted molar refractivity (Wildman–Crippen MR) is 91.0 cm³/mol. The molecule has 0 radical (unpaired) electrons. The van der Waals surface area contributed by atoms with Gasteiger partial charge in [0, 0.05) is 11.1 Å². The lowest BCUT2D eigenvalue weighted by molar-refractivity contribution is 0.419. The minimum absolute atomic E-state index is 0.731. The number of allylic oxidation sites excluding steroid dienone is 4. The molecular weight excluding hydrogens is 261 g/mol. The number of nitrogens with zero attached hydrogens (tertiary/aromatic N) is 2. The van der Waals surface area contributed by atoms with Crippen LogP contribution in [0.15, 0.2) is 55.0 Å². The molecule has 0 aliphatic heterocycles. The fourth-order valence-electron chi connectivity index (χ4n) is 2.00. The molecule has 1 aromatic heterocycles. The predicted octanol–water partition coefficient (Wildman–Crippen LogP) is 1.95. The third-order valence-corrected chi connectivity index (χ3v) is 3.10. The van der Waals surface area contributed by atoms with Crippen molar-refractivity contribution in [1.82, 2.24) is 9.97 Å². The van der Waals surface area contributed by atoms with Crippen LogP contribution >= 0.6 is 0 Å². The van der Waals surface area contributed by atoms with Crippen LogP contribution in [0.4, 0.5) is 5.82 Å². The minimum atomic E-state index is 0.731. The normalized spacial score (nSPS) is 11.8. The molecule has 1 N–H and O–H groups in total. The van der Waals surface area contributed by atoms with E-state index in [4.69, 9.17) is 4.74 Å². The van der Waals surface area contributed by atoms with Gasteiger partial charge in [0.25, 0.3) is 0 Å². The number of nitrogens with one attached hydrogen (secondary N) is 1. The molecule has 2 rings (SSSR count). The van der Waals surface area contributed by atoms with Crippen molar-refractivity contribution in [3.8, 4) is 5.75 Å². The largest absolute Gasteiger partial charge is 0.497 e. The quantitative estimate of drug-likeness (QED) is 0.671. The smallest absolute Gasteiger partial charge is 0.144 e. The SMILES string of the molecule is Bc1cc2ncnc(N/C(C=C)=C/C=C\C)c2cc1OC. The molecule has 0 spiro atoms. The van der Waals surface area contributed by atoms with E-state index < -0.39 is 0 Å². The lowest BCUT2D eigenvalue weighted by Crippen LogP contribution is -2.08. The average Bonchev–Trinajstić information content (AvgIpc) is 2.50. The summed E-state index contributed by atoms with van der Waals surface area (Å²) in [5.74, 6) is 1.55. The molecule has 0 amide bonds. The van der Waals surface area contributed by atoms with Gasteiger partial charge in [0.1, 0.15) is 25.7 Å². The van der Waals surface area contributed by atoms with E-state index in [1.54, 1.807) is 19.5 Å². The summed E-state index contributed by atoms with van der Waals surface area (Å²) in [6.07, 6.45) is 9.13. The summed E-state index contributed by atoms with van der Waals surface area (Å²) < 4.78 is 5.37. The van der Waals surface area contributed by atoms with Crippen molar-refractivity contribution in [3.05, 3.63) is 55.0 Å². The van der Waals surface area contributed by atoms with Gasteiger partial charge in [0.2, 0.25) is 0 Å². The van der Waals surface area contributed by atoms with Crippen molar-refractivity contribution in [1.29, 1.82) is 0 Å². The van der Waals surface area contributed by atoms with Crippen LogP contribution in [0.2, 0.25) is 0 Å². The number of fused-ring (bicyclic) bond motifs is 1. The summed E-state index contributed by atoms with van der Waals surface area (Å²) in [5.41, 5.74) is 2.79. The average molecular weight is 279 g/mol. The van der Waals surface area contributed by atoms with Gasteiger partial charge in [-0.2, -0.15) is 0 Å². The van der Waals surface area contributed by atoms with E-state index in [0.29, 0.717) is 0 Å². The van der Waals surface area contributed by atoms with E-state index in [2.05, 4.69) is 21.9 Å². The van der Waals surface area contributed by atoms with Crippen molar-refractivity contribution in [3.63, 3.8) is 0 Å². The van der Waals surface area contributed by atoms with Crippen LogP contribution in [-0.4, -0.2) is 24.9 Å². The van der Waals surface area contributed by atoms with Gasteiger partial charge in [-0.15, -0.1) is 0 Å². The molecule has 0 fully saturated rings. The van der Waals surface area contributed by atoms with Crippen LogP contribution < -0.4 is 15.5 Å². The van der Waals surface area contributed by atoms with Gasteiger partial charge >= 0.3 is 0 Å². The Morgan fingerprint density at radius 3 is 2.86 bits per heavy atom. The van der Waals surface area contributed by atoms with Crippen molar-refractivity contribution >= 4 is 30.0 Å². The monoisotopic (exact) mass is 279 g/mol. The second-order valence-electron chi connectivity index (χ2n) is 4.54. The molecular formula is C16H18BN3O. The van der Waals surface area contributed by atoms with Crippen LogP contribution in [0.1, 0.15) is 6.92 Å². The van der Waals surface area contributed by atoms with Crippen molar-refractivity contribution in [2.75, 3.05) is 12.4 Å². The maximum Gasteiger partial charge on any atom is 0.144 e. The van der Waals surface area contributed by atoms with Crippen molar-refractivity contribution < 1.29 is 4.74 Å². The number of hydrogen-bond donors (Lipinski definition) is 1. The standard InChI is InChI=1S/C16H18BN3O/c1-4-6-7-11(5-2)20-16-12-8-15(21-3)13(17)9-14(12)18-10-19-16/h4-10H,2,17H2,1,3H3,(H,18,19,20)/b6-4-,11-7+. The van der Waals surface area contributed by atoms with E-state index in [9.17, 15) is 0 Å². The Hall–Kier alpha value is -2.56. The Morgan fingerprint density at radius 2 is 2.19 bits per heavy atom. The van der Waals surface area contributed by atoms with Crippen molar-refractivity contribution in [2.24, 2.45) is 0 Å². The first-order valence-electron chi connectivity index (χ1n) is 6.71. The number of rotatable bonds is 5. The van der Waals surface area contributed by atoms with E-state index >= 15 is 0 Å². The zero-order chi connectivity index (χ0) is 15.2. The number of anilines is 1. The Kier molecular flexibility index (Phi) is 4.77. The van der Waals surface area contributed by atoms with E-state index in [0.717, 1.165) is 33.6 Å². The van der Waals surface area contributed by atoms with Gasteiger partial charge in [-0.3, -0.25) is 0 Å². The number of ether oxygens (including phenoxy) is 1. The first kappa shape index (κ1) is 14.8. The Balaban J connectivity index is 2.51.